The van der Waals surface area contributed by atoms with Gasteiger partial charge in [-0.25, -0.2) is 0 Å². The number of para-hydroxylation sites is 1. The second-order valence-electron chi connectivity index (χ2n) is 6.10. The van der Waals surface area contributed by atoms with Gasteiger partial charge in [0, 0.05) is 11.2 Å². The van der Waals surface area contributed by atoms with Gasteiger partial charge in [0.25, 0.3) is 11.8 Å². The van der Waals surface area contributed by atoms with Crippen LogP contribution in [0.5, 0.6) is 5.75 Å². The van der Waals surface area contributed by atoms with Crippen molar-refractivity contribution in [1.29, 1.82) is 0 Å². The highest BCUT2D eigenvalue weighted by Gasteiger charge is 2.16. The molecular weight excluding hydrogens is 427 g/mol. The zero-order valence-electron chi connectivity index (χ0n) is 15.4. The van der Waals surface area contributed by atoms with Gasteiger partial charge in [-0.15, -0.1) is 0 Å². The molecule has 150 valence electrons. The summed E-state index contributed by atoms with van der Waals surface area (Å²) in [4.78, 5) is 21.0. The van der Waals surface area contributed by atoms with Crippen LogP contribution in [0, 0.1) is 0 Å². The first-order chi connectivity index (χ1) is 14.6. The Bertz CT molecular complexity index is 1180. The Morgan fingerprint density at radius 2 is 1.90 bits per heavy atom. The van der Waals surface area contributed by atoms with Gasteiger partial charge >= 0.3 is 0 Å². The van der Waals surface area contributed by atoms with Crippen LogP contribution >= 0.6 is 23.2 Å². The molecule has 0 saturated heterocycles. The molecule has 0 fully saturated rings. The Morgan fingerprint density at radius 3 is 2.70 bits per heavy atom. The predicted octanol–water partition coefficient (Wildman–Crippen LogP) is 5.12. The van der Waals surface area contributed by atoms with Crippen molar-refractivity contribution in [2.75, 3.05) is 11.9 Å². The summed E-state index contributed by atoms with van der Waals surface area (Å²) >= 11 is 11.9. The van der Waals surface area contributed by atoms with Crippen LogP contribution in [0.1, 0.15) is 0 Å². The number of nitrogens with zero attached hydrogens (tertiary/aromatic N) is 3. The number of nitrogens with one attached hydrogen (secondary N) is 1. The summed E-state index contributed by atoms with van der Waals surface area (Å²) in [6.07, 6.45) is 1.65. The van der Waals surface area contributed by atoms with Crippen molar-refractivity contribution in [3.63, 3.8) is 0 Å². The molecule has 1 N–H and O–H groups in total. The standard InChI is InChI=1S/C21H14Cl2N4O3/c22-13-8-9-18(15(23)11-13)29-12-19(28)25-16-6-2-1-5-14(16)21-26-20(27-30-21)17-7-3-4-10-24-17/h1-11H,12H2,(H,25,28). The Hall–Kier alpha value is -3.42. The Kier molecular flexibility index (Phi) is 5.92. The second-order valence-corrected chi connectivity index (χ2v) is 6.94. The van der Waals surface area contributed by atoms with E-state index in [9.17, 15) is 4.79 Å². The van der Waals surface area contributed by atoms with Gasteiger partial charge in [0.1, 0.15) is 11.4 Å². The van der Waals surface area contributed by atoms with Crippen LogP contribution in [0.2, 0.25) is 10.0 Å². The van der Waals surface area contributed by atoms with Gasteiger partial charge < -0.3 is 14.6 Å². The quantitative estimate of drug-likeness (QED) is 0.447. The molecule has 1 amide bonds. The van der Waals surface area contributed by atoms with Crippen molar-refractivity contribution in [2.45, 2.75) is 0 Å². The molecule has 2 aromatic carbocycles. The van der Waals surface area contributed by atoms with Gasteiger partial charge in [0.05, 0.1) is 16.3 Å². The van der Waals surface area contributed by atoms with Crippen molar-refractivity contribution in [2.24, 2.45) is 0 Å². The molecule has 30 heavy (non-hydrogen) atoms. The van der Waals surface area contributed by atoms with Crippen molar-refractivity contribution in [3.8, 4) is 28.7 Å². The summed E-state index contributed by atoms with van der Waals surface area (Å²) in [6, 6.07) is 17.3. The molecule has 9 heteroatoms. The molecule has 0 unspecified atom stereocenters. The van der Waals surface area contributed by atoms with E-state index in [0.29, 0.717) is 38.6 Å². The number of hydrogen-bond donors (Lipinski definition) is 1. The average molecular weight is 441 g/mol. The van der Waals surface area contributed by atoms with Crippen LogP contribution in [-0.4, -0.2) is 27.6 Å². The number of carbonyl (C=O) groups excluding carboxylic acids is 1. The number of rotatable bonds is 6. The molecule has 4 aromatic rings. The lowest BCUT2D eigenvalue weighted by Gasteiger charge is -2.10. The Balaban J connectivity index is 1.48. The number of halogens is 2. The highest BCUT2D eigenvalue weighted by molar-refractivity contribution is 6.35. The lowest BCUT2D eigenvalue weighted by Crippen LogP contribution is -2.20. The molecule has 0 radical (unpaired) electrons. The molecule has 0 aliphatic rings. The SMILES string of the molecule is O=C(COc1ccc(Cl)cc1Cl)Nc1ccccc1-c1nc(-c2ccccn2)no1. The number of ether oxygens (including phenoxy) is 1. The molecule has 0 spiro atoms. The third-order valence-corrected chi connectivity index (χ3v) is 4.53. The summed E-state index contributed by atoms with van der Waals surface area (Å²) in [5, 5.41) is 7.55. The number of carbonyl (C=O) groups is 1. The van der Waals surface area contributed by atoms with Gasteiger partial charge in [-0.1, -0.05) is 46.6 Å². The van der Waals surface area contributed by atoms with Gasteiger partial charge in [-0.05, 0) is 42.5 Å². The van der Waals surface area contributed by atoms with Gasteiger partial charge in [0.2, 0.25) is 5.82 Å². The molecule has 4 rings (SSSR count). The minimum atomic E-state index is -0.377. The average Bonchev–Trinajstić information content (AvgIpc) is 3.24. The molecule has 0 atom stereocenters. The van der Waals surface area contributed by atoms with E-state index in [1.54, 1.807) is 60.8 Å². The van der Waals surface area contributed by atoms with Crippen LogP contribution in [0.15, 0.2) is 71.4 Å². The Morgan fingerprint density at radius 1 is 1.07 bits per heavy atom. The number of pyridine rings is 1. The summed E-state index contributed by atoms with van der Waals surface area (Å²) in [6.45, 7) is -0.237. The molecule has 2 aromatic heterocycles. The first kappa shape index (κ1) is 19.9. The summed E-state index contributed by atoms with van der Waals surface area (Å²) in [5.41, 5.74) is 1.66. The van der Waals surface area contributed by atoms with E-state index in [0.717, 1.165) is 0 Å². The highest BCUT2D eigenvalue weighted by atomic mass is 35.5. The number of aromatic nitrogens is 3. The van der Waals surface area contributed by atoms with Gasteiger partial charge in [-0.3, -0.25) is 9.78 Å². The van der Waals surface area contributed by atoms with Crippen LogP contribution in [-0.2, 0) is 4.79 Å². The summed E-state index contributed by atoms with van der Waals surface area (Å²) < 4.78 is 10.8. The molecular formula is C21H14Cl2N4O3. The third-order valence-electron chi connectivity index (χ3n) is 4.00. The maximum Gasteiger partial charge on any atom is 0.262 e. The smallest absolute Gasteiger partial charge is 0.262 e. The van der Waals surface area contributed by atoms with E-state index < -0.39 is 0 Å². The molecule has 0 saturated carbocycles. The van der Waals surface area contributed by atoms with Crippen molar-refractivity contribution in [3.05, 3.63) is 76.9 Å². The maximum absolute atomic E-state index is 12.4. The lowest BCUT2D eigenvalue weighted by molar-refractivity contribution is -0.118. The summed E-state index contributed by atoms with van der Waals surface area (Å²) in [5.74, 6) is 0.597. The van der Waals surface area contributed by atoms with E-state index >= 15 is 0 Å². The van der Waals surface area contributed by atoms with E-state index in [2.05, 4.69) is 20.4 Å². The first-order valence-electron chi connectivity index (χ1n) is 8.82. The van der Waals surface area contributed by atoms with Gasteiger partial charge in [0.15, 0.2) is 6.61 Å². The molecule has 0 bridgehead atoms. The number of hydrogen-bond acceptors (Lipinski definition) is 6. The minimum Gasteiger partial charge on any atom is -0.482 e. The van der Waals surface area contributed by atoms with E-state index in [-0.39, 0.29) is 18.4 Å². The lowest BCUT2D eigenvalue weighted by atomic mass is 10.1. The topological polar surface area (TPSA) is 90.1 Å². The largest absolute Gasteiger partial charge is 0.482 e. The molecule has 7 nitrogen and oxygen atoms in total. The number of amides is 1. The van der Waals surface area contributed by atoms with Gasteiger partial charge in [-0.2, -0.15) is 4.98 Å². The monoisotopic (exact) mass is 440 g/mol. The van der Waals surface area contributed by atoms with E-state index in [1.807, 2.05) is 6.07 Å². The second kappa shape index (κ2) is 8.94. The number of anilines is 1. The van der Waals surface area contributed by atoms with Crippen molar-refractivity contribution >= 4 is 34.8 Å². The van der Waals surface area contributed by atoms with Crippen LogP contribution in [0.25, 0.3) is 23.0 Å². The van der Waals surface area contributed by atoms with Crippen LogP contribution in [0.4, 0.5) is 5.69 Å². The van der Waals surface area contributed by atoms with Crippen molar-refractivity contribution < 1.29 is 14.1 Å². The van der Waals surface area contributed by atoms with Crippen LogP contribution in [0.3, 0.4) is 0 Å². The molecule has 0 aliphatic carbocycles. The third kappa shape index (κ3) is 4.59. The van der Waals surface area contributed by atoms with E-state index in [4.69, 9.17) is 32.5 Å². The zero-order chi connectivity index (χ0) is 20.9. The first-order valence-corrected chi connectivity index (χ1v) is 9.58. The van der Waals surface area contributed by atoms with Crippen molar-refractivity contribution in [1.82, 2.24) is 15.1 Å². The maximum atomic E-state index is 12.4. The van der Waals surface area contributed by atoms with E-state index in [1.165, 1.54) is 0 Å². The fraction of sp³-hybridized carbons (Fsp3) is 0.0476. The Labute approximate surface area is 181 Å². The fourth-order valence-electron chi connectivity index (χ4n) is 2.63. The number of benzene rings is 2. The zero-order valence-corrected chi connectivity index (χ0v) is 16.9. The van der Waals surface area contributed by atoms with Crippen LogP contribution < -0.4 is 10.1 Å². The molecule has 0 aliphatic heterocycles. The summed E-state index contributed by atoms with van der Waals surface area (Å²) in [7, 11) is 0. The minimum absolute atomic E-state index is 0.237. The molecule has 2 heterocycles. The fourth-order valence-corrected chi connectivity index (χ4v) is 3.10. The highest BCUT2D eigenvalue weighted by Crippen LogP contribution is 2.29. The predicted molar refractivity (Wildman–Crippen MR) is 114 cm³/mol. The normalized spacial score (nSPS) is 10.6.